The second-order valence-electron chi connectivity index (χ2n) is 5.26. The highest BCUT2D eigenvalue weighted by atomic mass is 35.5. The second kappa shape index (κ2) is 8.36. The van der Waals surface area contributed by atoms with Crippen molar-refractivity contribution in [3.8, 4) is 5.75 Å². The van der Waals surface area contributed by atoms with Gasteiger partial charge in [-0.15, -0.1) is 0 Å². The van der Waals surface area contributed by atoms with E-state index in [0.717, 1.165) is 11.1 Å². The molecule has 0 aliphatic rings. The number of hydrogen-bond donors (Lipinski definition) is 2. The van der Waals surface area contributed by atoms with E-state index in [-0.39, 0.29) is 11.3 Å². The van der Waals surface area contributed by atoms with E-state index in [1.54, 1.807) is 0 Å². The number of phenols is 1. The Kier molecular flexibility index (Phi) is 6.21. The Labute approximate surface area is 145 Å². The minimum Gasteiger partial charge on any atom is -0.507 e. The third-order valence-corrected chi connectivity index (χ3v) is 3.73. The summed E-state index contributed by atoms with van der Waals surface area (Å²) in [4.78, 5) is 23.5. The molecule has 0 spiro atoms. The summed E-state index contributed by atoms with van der Waals surface area (Å²) in [5, 5.41) is 12.6. The number of nitrogens with one attached hydrogen (secondary N) is 1. The lowest BCUT2D eigenvalue weighted by molar-refractivity contribution is -0.124. The number of halogens is 1. The molecule has 0 fully saturated rings. The molecule has 6 heteroatoms. The molecule has 0 atom stereocenters. The van der Waals surface area contributed by atoms with Crippen LogP contribution in [0.1, 0.15) is 21.5 Å². The van der Waals surface area contributed by atoms with Crippen molar-refractivity contribution < 1.29 is 19.4 Å². The van der Waals surface area contributed by atoms with E-state index in [9.17, 15) is 14.7 Å². The lowest BCUT2D eigenvalue weighted by atomic mass is 10.1. The van der Waals surface area contributed by atoms with Crippen molar-refractivity contribution in [1.82, 2.24) is 5.32 Å². The van der Waals surface area contributed by atoms with Crippen molar-refractivity contribution >= 4 is 23.5 Å². The smallest absolute Gasteiger partial charge is 0.342 e. The summed E-state index contributed by atoms with van der Waals surface area (Å²) in [5.41, 5.74) is 2.28. The molecule has 0 radical (unpaired) electrons. The fourth-order valence-electron chi connectivity index (χ4n) is 2.16. The molecule has 0 saturated carbocycles. The number of amides is 1. The molecular formula is C18H18ClNO4. The third kappa shape index (κ3) is 4.99. The molecule has 0 aromatic heterocycles. The van der Waals surface area contributed by atoms with E-state index in [2.05, 4.69) is 5.32 Å². The molecule has 0 unspecified atom stereocenters. The SMILES string of the molecule is Cc1ccccc1CCNC(=O)COC(=O)c1ccc(Cl)cc1O. The van der Waals surface area contributed by atoms with Crippen molar-refractivity contribution in [3.63, 3.8) is 0 Å². The first kappa shape index (κ1) is 17.8. The van der Waals surface area contributed by atoms with Gasteiger partial charge in [0.25, 0.3) is 5.91 Å². The molecule has 5 nitrogen and oxygen atoms in total. The van der Waals surface area contributed by atoms with Crippen LogP contribution in [0.4, 0.5) is 0 Å². The first-order valence-corrected chi connectivity index (χ1v) is 7.82. The standard InChI is InChI=1S/C18H18ClNO4/c1-12-4-2-3-5-13(12)8-9-20-17(22)11-24-18(23)15-7-6-14(19)10-16(15)21/h2-7,10,21H,8-9,11H2,1H3,(H,20,22). The number of carbonyl (C=O) groups excluding carboxylic acids is 2. The van der Waals surface area contributed by atoms with E-state index < -0.39 is 18.5 Å². The molecule has 2 N–H and O–H groups in total. The monoisotopic (exact) mass is 347 g/mol. The van der Waals surface area contributed by atoms with Gasteiger partial charge in [0, 0.05) is 11.6 Å². The van der Waals surface area contributed by atoms with E-state index in [1.807, 2.05) is 31.2 Å². The van der Waals surface area contributed by atoms with Crippen LogP contribution in [0.15, 0.2) is 42.5 Å². The van der Waals surface area contributed by atoms with Crippen LogP contribution in [0.25, 0.3) is 0 Å². The summed E-state index contributed by atoms with van der Waals surface area (Å²) in [5.74, 6) is -1.46. The number of phenolic OH excluding ortho intramolecular Hbond substituents is 1. The number of aryl methyl sites for hydroxylation is 1. The number of benzene rings is 2. The van der Waals surface area contributed by atoms with Gasteiger partial charge in [-0.05, 0) is 42.7 Å². The van der Waals surface area contributed by atoms with Crippen LogP contribution in [0.5, 0.6) is 5.75 Å². The maximum atomic E-state index is 11.8. The molecule has 2 aromatic carbocycles. The molecule has 1 amide bonds. The van der Waals surface area contributed by atoms with E-state index >= 15 is 0 Å². The van der Waals surface area contributed by atoms with E-state index in [0.29, 0.717) is 18.0 Å². The molecule has 0 heterocycles. The van der Waals surface area contributed by atoms with Gasteiger partial charge in [-0.1, -0.05) is 35.9 Å². The Hall–Kier alpha value is -2.53. The summed E-state index contributed by atoms with van der Waals surface area (Å²) < 4.78 is 4.88. The van der Waals surface area contributed by atoms with Crippen molar-refractivity contribution in [2.24, 2.45) is 0 Å². The Bertz CT molecular complexity index is 746. The van der Waals surface area contributed by atoms with Crippen molar-refractivity contribution in [2.45, 2.75) is 13.3 Å². The number of ether oxygens (including phenoxy) is 1. The second-order valence-corrected chi connectivity index (χ2v) is 5.70. The fraction of sp³-hybridized carbons (Fsp3) is 0.222. The van der Waals surface area contributed by atoms with Gasteiger partial charge in [0.2, 0.25) is 0 Å². The Morgan fingerprint density at radius 1 is 1.21 bits per heavy atom. The largest absolute Gasteiger partial charge is 0.507 e. The molecule has 0 aliphatic carbocycles. The Morgan fingerprint density at radius 3 is 2.67 bits per heavy atom. The number of carbonyl (C=O) groups is 2. The number of esters is 1. The molecule has 24 heavy (non-hydrogen) atoms. The summed E-state index contributed by atoms with van der Waals surface area (Å²) in [6, 6.07) is 12.0. The first-order chi connectivity index (χ1) is 11.5. The molecule has 0 saturated heterocycles. The number of aromatic hydroxyl groups is 1. The summed E-state index contributed by atoms with van der Waals surface area (Å²) >= 11 is 5.69. The molecule has 126 valence electrons. The highest BCUT2D eigenvalue weighted by molar-refractivity contribution is 6.30. The van der Waals surface area contributed by atoms with Gasteiger partial charge in [0.05, 0.1) is 0 Å². The minimum absolute atomic E-state index is 0.0351. The maximum absolute atomic E-state index is 11.8. The lowest BCUT2D eigenvalue weighted by Gasteiger charge is -2.09. The van der Waals surface area contributed by atoms with Crippen LogP contribution < -0.4 is 5.32 Å². The van der Waals surface area contributed by atoms with Crippen LogP contribution >= 0.6 is 11.6 Å². The van der Waals surface area contributed by atoms with E-state index in [4.69, 9.17) is 16.3 Å². The normalized spacial score (nSPS) is 10.2. The van der Waals surface area contributed by atoms with Gasteiger partial charge in [0.1, 0.15) is 11.3 Å². The first-order valence-electron chi connectivity index (χ1n) is 7.44. The fourth-order valence-corrected chi connectivity index (χ4v) is 2.33. The van der Waals surface area contributed by atoms with Gasteiger partial charge in [-0.25, -0.2) is 4.79 Å². The van der Waals surface area contributed by atoms with Gasteiger partial charge < -0.3 is 15.2 Å². The van der Waals surface area contributed by atoms with Gasteiger partial charge in [-0.3, -0.25) is 4.79 Å². The Balaban J connectivity index is 1.77. The Morgan fingerprint density at radius 2 is 1.96 bits per heavy atom. The molecule has 0 aliphatic heterocycles. The maximum Gasteiger partial charge on any atom is 0.342 e. The van der Waals surface area contributed by atoms with Crippen LogP contribution in [0.3, 0.4) is 0 Å². The van der Waals surface area contributed by atoms with Crippen LogP contribution in [-0.4, -0.2) is 30.1 Å². The molecule has 2 aromatic rings. The predicted octanol–water partition coefficient (Wildman–Crippen LogP) is 2.87. The zero-order chi connectivity index (χ0) is 17.5. The van der Waals surface area contributed by atoms with Crippen LogP contribution in [0, 0.1) is 6.92 Å². The van der Waals surface area contributed by atoms with Crippen molar-refractivity contribution in [2.75, 3.05) is 13.2 Å². The number of hydrogen-bond acceptors (Lipinski definition) is 4. The quantitative estimate of drug-likeness (QED) is 0.788. The van der Waals surface area contributed by atoms with Crippen LogP contribution in [0.2, 0.25) is 5.02 Å². The van der Waals surface area contributed by atoms with Crippen molar-refractivity contribution in [1.29, 1.82) is 0 Å². The summed E-state index contributed by atoms with van der Waals surface area (Å²) in [6.45, 7) is 2.06. The average Bonchev–Trinajstić information content (AvgIpc) is 2.54. The average molecular weight is 348 g/mol. The summed E-state index contributed by atoms with van der Waals surface area (Å²) in [7, 11) is 0. The lowest BCUT2D eigenvalue weighted by Crippen LogP contribution is -2.30. The minimum atomic E-state index is -0.779. The van der Waals surface area contributed by atoms with Gasteiger partial charge >= 0.3 is 5.97 Å². The highest BCUT2D eigenvalue weighted by Crippen LogP contribution is 2.22. The van der Waals surface area contributed by atoms with Crippen molar-refractivity contribution in [3.05, 3.63) is 64.2 Å². The van der Waals surface area contributed by atoms with Gasteiger partial charge in [-0.2, -0.15) is 0 Å². The zero-order valence-corrected chi connectivity index (χ0v) is 14.0. The molecule has 2 rings (SSSR count). The van der Waals surface area contributed by atoms with E-state index in [1.165, 1.54) is 18.2 Å². The zero-order valence-electron chi connectivity index (χ0n) is 13.2. The number of rotatable bonds is 6. The van der Waals surface area contributed by atoms with Crippen LogP contribution in [-0.2, 0) is 16.0 Å². The topological polar surface area (TPSA) is 75.6 Å². The molecular weight excluding hydrogens is 330 g/mol. The van der Waals surface area contributed by atoms with Gasteiger partial charge in [0.15, 0.2) is 6.61 Å². The predicted molar refractivity (Wildman–Crippen MR) is 91.3 cm³/mol. The molecule has 0 bridgehead atoms. The summed E-state index contributed by atoms with van der Waals surface area (Å²) in [6.07, 6.45) is 0.699. The highest BCUT2D eigenvalue weighted by Gasteiger charge is 2.14. The third-order valence-electron chi connectivity index (χ3n) is 3.49.